The van der Waals surface area contributed by atoms with E-state index in [4.69, 9.17) is 10.2 Å². The fourth-order valence-electron chi connectivity index (χ4n) is 6.18. The van der Waals surface area contributed by atoms with Gasteiger partial charge in [0.1, 0.15) is 4.83 Å². The third-order valence-corrected chi connectivity index (χ3v) is 9.24. The number of hydrogen-bond donors (Lipinski definition) is 3. The van der Waals surface area contributed by atoms with Crippen molar-refractivity contribution in [3.8, 4) is 0 Å². The van der Waals surface area contributed by atoms with Gasteiger partial charge in [-0.3, -0.25) is 9.48 Å². The van der Waals surface area contributed by atoms with Crippen molar-refractivity contribution in [2.24, 2.45) is 0 Å². The molecule has 2 amide bonds. The highest BCUT2D eigenvalue weighted by atomic mass is 32.1. The first-order chi connectivity index (χ1) is 16.5. The van der Waals surface area contributed by atoms with Gasteiger partial charge in [0.15, 0.2) is 0 Å². The number of aromatic nitrogens is 2. The molecule has 2 saturated carbocycles. The number of carboxylic acid groups (broad SMARTS) is 1. The third-order valence-electron chi connectivity index (χ3n) is 8.12. The predicted molar refractivity (Wildman–Crippen MR) is 134 cm³/mol. The van der Waals surface area contributed by atoms with Crippen LogP contribution in [0.3, 0.4) is 0 Å². The maximum Gasteiger partial charge on any atom is 0.404 e. The van der Waals surface area contributed by atoms with Crippen molar-refractivity contribution in [3.63, 3.8) is 0 Å². The van der Waals surface area contributed by atoms with Crippen LogP contribution in [-0.2, 0) is 0 Å². The Morgan fingerprint density at radius 1 is 0.941 bits per heavy atom. The van der Waals surface area contributed by atoms with Crippen LogP contribution >= 0.6 is 11.3 Å². The van der Waals surface area contributed by atoms with Gasteiger partial charge >= 0.3 is 6.09 Å². The Hall–Kier alpha value is -2.13. The SMILES string of the molecule is Cc1nn(C2CCCCC2)c2sc(C(=O)N[C@H]3CC[C@H](N4CCC(NC(=O)O)CC4)CC3)cc12. The minimum absolute atomic E-state index is 0.0554. The lowest BCUT2D eigenvalue weighted by Gasteiger charge is -2.40. The average Bonchev–Trinajstić information content (AvgIpc) is 3.41. The number of nitrogens with one attached hydrogen (secondary N) is 2. The fourth-order valence-corrected chi connectivity index (χ4v) is 7.32. The molecule has 34 heavy (non-hydrogen) atoms. The minimum atomic E-state index is -0.921. The van der Waals surface area contributed by atoms with Crippen molar-refractivity contribution in [1.29, 1.82) is 0 Å². The van der Waals surface area contributed by atoms with Gasteiger partial charge in [0.05, 0.1) is 16.6 Å². The van der Waals surface area contributed by atoms with Gasteiger partial charge in [-0.25, -0.2) is 4.79 Å². The van der Waals surface area contributed by atoms with Crippen LogP contribution in [0.5, 0.6) is 0 Å². The number of hydrogen-bond acceptors (Lipinski definition) is 5. The molecule has 186 valence electrons. The fraction of sp³-hybridized carbons (Fsp3) is 0.720. The topological polar surface area (TPSA) is 99.5 Å². The van der Waals surface area contributed by atoms with Crippen molar-refractivity contribution in [2.75, 3.05) is 13.1 Å². The molecule has 3 heterocycles. The van der Waals surface area contributed by atoms with Crippen molar-refractivity contribution in [2.45, 2.75) is 102 Å². The number of amides is 2. The van der Waals surface area contributed by atoms with Gasteiger partial charge in [0, 0.05) is 36.6 Å². The molecule has 0 aromatic carbocycles. The summed E-state index contributed by atoms with van der Waals surface area (Å²) >= 11 is 1.60. The van der Waals surface area contributed by atoms with Crippen LogP contribution in [0.4, 0.5) is 4.79 Å². The van der Waals surface area contributed by atoms with E-state index in [1.165, 1.54) is 32.1 Å². The zero-order valence-corrected chi connectivity index (χ0v) is 20.9. The zero-order valence-electron chi connectivity index (χ0n) is 20.1. The number of carbonyl (C=O) groups excluding carboxylic acids is 1. The predicted octanol–water partition coefficient (Wildman–Crippen LogP) is 4.68. The summed E-state index contributed by atoms with van der Waals surface area (Å²) in [5, 5.41) is 20.8. The minimum Gasteiger partial charge on any atom is -0.465 e. The lowest BCUT2D eigenvalue weighted by atomic mass is 9.88. The molecule has 0 atom stereocenters. The summed E-state index contributed by atoms with van der Waals surface area (Å²) in [5.74, 6) is 0.0554. The molecule has 8 nitrogen and oxygen atoms in total. The van der Waals surface area contributed by atoms with E-state index < -0.39 is 6.09 Å². The van der Waals surface area contributed by atoms with Crippen molar-refractivity contribution < 1.29 is 14.7 Å². The molecule has 2 aromatic heterocycles. The normalized spacial score (nSPS) is 25.4. The van der Waals surface area contributed by atoms with Gasteiger partial charge in [-0.05, 0) is 64.4 Å². The highest BCUT2D eigenvalue weighted by Gasteiger charge is 2.30. The second-order valence-corrected chi connectivity index (χ2v) is 11.4. The molecular weight excluding hydrogens is 450 g/mol. The van der Waals surface area contributed by atoms with E-state index in [2.05, 4.69) is 27.1 Å². The van der Waals surface area contributed by atoms with Crippen LogP contribution in [0, 0.1) is 6.92 Å². The van der Waals surface area contributed by atoms with Crippen molar-refractivity contribution in [3.05, 3.63) is 16.6 Å². The van der Waals surface area contributed by atoms with Crippen molar-refractivity contribution in [1.82, 2.24) is 25.3 Å². The molecule has 3 aliphatic rings. The Bertz CT molecular complexity index is 1010. The second kappa shape index (κ2) is 10.2. The molecule has 2 aromatic rings. The molecule has 9 heteroatoms. The van der Waals surface area contributed by atoms with E-state index >= 15 is 0 Å². The third kappa shape index (κ3) is 5.10. The van der Waals surface area contributed by atoms with Gasteiger partial charge in [0.2, 0.25) is 0 Å². The lowest BCUT2D eigenvalue weighted by Crippen LogP contribution is -2.50. The van der Waals surface area contributed by atoms with Crippen LogP contribution in [0.25, 0.3) is 10.2 Å². The van der Waals surface area contributed by atoms with Gasteiger partial charge in [0.25, 0.3) is 5.91 Å². The number of nitrogens with zero attached hydrogens (tertiary/aromatic N) is 3. The summed E-state index contributed by atoms with van der Waals surface area (Å²) in [7, 11) is 0. The van der Waals surface area contributed by atoms with Crippen LogP contribution in [0.1, 0.15) is 92.0 Å². The maximum atomic E-state index is 13.1. The molecule has 0 bridgehead atoms. The number of piperidine rings is 1. The molecule has 0 spiro atoms. The molecule has 3 N–H and O–H groups in total. The summed E-state index contributed by atoms with van der Waals surface area (Å²) in [6, 6.07) is 3.38. The molecule has 1 saturated heterocycles. The van der Waals surface area contributed by atoms with E-state index in [1.807, 2.05) is 6.07 Å². The number of carbonyl (C=O) groups is 2. The van der Waals surface area contributed by atoms with Crippen molar-refractivity contribution >= 4 is 33.6 Å². The molecule has 2 aliphatic carbocycles. The summed E-state index contributed by atoms with van der Waals surface area (Å²) < 4.78 is 2.20. The smallest absolute Gasteiger partial charge is 0.404 e. The Morgan fingerprint density at radius 2 is 1.62 bits per heavy atom. The zero-order chi connectivity index (χ0) is 23.7. The van der Waals surface area contributed by atoms with Crippen LogP contribution < -0.4 is 10.6 Å². The number of thiophene rings is 1. The molecule has 1 aliphatic heterocycles. The summed E-state index contributed by atoms with van der Waals surface area (Å²) in [4.78, 5) is 28.4. The Morgan fingerprint density at radius 3 is 2.29 bits per heavy atom. The van der Waals surface area contributed by atoms with Gasteiger partial charge in [-0.2, -0.15) is 5.10 Å². The second-order valence-electron chi connectivity index (χ2n) is 10.4. The highest BCUT2D eigenvalue weighted by molar-refractivity contribution is 7.20. The van der Waals surface area contributed by atoms with E-state index in [0.717, 1.165) is 72.4 Å². The largest absolute Gasteiger partial charge is 0.465 e. The lowest BCUT2D eigenvalue weighted by molar-refractivity contribution is 0.0870. The number of rotatable bonds is 5. The van der Waals surface area contributed by atoms with Crippen LogP contribution in [-0.4, -0.2) is 63.0 Å². The van der Waals surface area contributed by atoms with Crippen LogP contribution in [0.15, 0.2) is 6.07 Å². The summed E-state index contributed by atoms with van der Waals surface area (Å²) in [6.45, 7) is 3.95. The molecule has 0 radical (unpaired) electrons. The average molecular weight is 488 g/mol. The van der Waals surface area contributed by atoms with E-state index in [9.17, 15) is 9.59 Å². The van der Waals surface area contributed by atoms with Crippen LogP contribution in [0.2, 0.25) is 0 Å². The monoisotopic (exact) mass is 487 g/mol. The van der Waals surface area contributed by atoms with E-state index in [1.54, 1.807) is 11.3 Å². The number of likely N-dealkylation sites (tertiary alicyclic amines) is 1. The summed E-state index contributed by atoms with van der Waals surface area (Å²) in [6.07, 6.45) is 11.3. The quantitative estimate of drug-likeness (QED) is 0.568. The molecule has 3 fully saturated rings. The van der Waals surface area contributed by atoms with Gasteiger partial charge < -0.3 is 20.6 Å². The Labute approximate surface area is 205 Å². The Kier molecular flexibility index (Phi) is 7.11. The standard InChI is InChI=1S/C25H37N5O3S/c1-16-21-15-22(34-24(21)30(28-16)20-5-3-2-4-6-20)23(31)26-17-7-9-19(10-8-17)29-13-11-18(12-14-29)27-25(32)33/h15,17-20,27H,2-14H2,1H3,(H,26,31)(H,32,33)/t17-,19-. The molecule has 0 unspecified atom stereocenters. The van der Waals surface area contributed by atoms with E-state index in [0.29, 0.717) is 12.1 Å². The maximum absolute atomic E-state index is 13.1. The molecule has 5 rings (SSSR count). The summed E-state index contributed by atoms with van der Waals surface area (Å²) in [5.41, 5.74) is 1.03. The first-order valence-corrected chi connectivity index (χ1v) is 13.8. The van der Waals surface area contributed by atoms with Gasteiger partial charge in [-0.1, -0.05) is 19.3 Å². The first-order valence-electron chi connectivity index (χ1n) is 13.0. The van der Waals surface area contributed by atoms with Gasteiger partial charge in [-0.15, -0.1) is 11.3 Å². The Balaban J connectivity index is 1.14. The highest BCUT2D eigenvalue weighted by Crippen LogP contribution is 2.35. The number of aryl methyl sites for hydroxylation is 1. The molecular formula is C25H37N5O3S. The first kappa shape index (κ1) is 23.6. The van der Waals surface area contributed by atoms with E-state index in [-0.39, 0.29) is 18.0 Å². The number of fused-ring (bicyclic) bond motifs is 1.